The Morgan fingerprint density at radius 1 is 1.14 bits per heavy atom. The van der Waals surface area contributed by atoms with Gasteiger partial charge < -0.3 is 13.9 Å². The number of carbonyl (C=O) groups is 2. The summed E-state index contributed by atoms with van der Waals surface area (Å²) in [4.78, 5) is 24.2. The van der Waals surface area contributed by atoms with E-state index in [9.17, 15) is 9.59 Å². The number of rotatable bonds is 7. The first kappa shape index (κ1) is 20.3. The first-order chi connectivity index (χ1) is 14.1. The summed E-state index contributed by atoms with van der Waals surface area (Å²) in [6, 6.07) is 15.0. The van der Waals surface area contributed by atoms with Crippen molar-refractivity contribution in [3.8, 4) is 11.5 Å². The average Bonchev–Trinajstić information content (AvgIpc) is 3.25. The van der Waals surface area contributed by atoms with Crippen LogP contribution in [0, 0.1) is 0 Å². The molecule has 7 nitrogen and oxygen atoms in total. The topological polar surface area (TPSA) is 90.1 Å². The van der Waals surface area contributed by atoms with E-state index in [1.54, 1.807) is 42.5 Å². The fourth-order valence-electron chi connectivity index (χ4n) is 2.36. The maximum absolute atomic E-state index is 12.1. The van der Waals surface area contributed by atoms with Crippen molar-refractivity contribution in [1.82, 2.24) is 5.43 Å². The highest BCUT2D eigenvalue weighted by atomic mass is 79.9. The highest BCUT2D eigenvalue weighted by Gasteiger charge is 2.15. The van der Waals surface area contributed by atoms with Crippen LogP contribution >= 0.6 is 15.9 Å². The first-order valence-electron chi connectivity index (χ1n) is 8.68. The van der Waals surface area contributed by atoms with Gasteiger partial charge in [-0.2, -0.15) is 5.10 Å². The summed E-state index contributed by atoms with van der Waals surface area (Å²) in [5, 5.41) is 3.96. The molecular formula is C21H17BrN2O5. The van der Waals surface area contributed by atoms with Crippen LogP contribution in [0.25, 0.3) is 0 Å². The van der Waals surface area contributed by atoms with E-state index >= 15 is 0 Å². The second-order valence-corrected chi connectivity index (χ2v) is 6.63. The van der Waals surface area contributed by atoms with Crippen LogP contribution in [0.2, 0.25) is 0 Å². The monoisotopic (exact) mass is 456 g/mol. The lowest BCUT2D eigenvalue weighted by atomic mass is 10.2. The first-order valence-corrected chi connectivity index (χ1v) is 9.47. The Hall–Kier alpha value is -3.39. The minimum absolute atomic E-state index is 0.0911. The number of ether oxygens (including phenoxy) is 2. The molecule has 8 heteroatoms. The predicted octanol–water partition coefficient (Wildman–Crippen LogP) is 4.42. The lowest BCUT2D eigenvalue weighted by molar-refractivity contribution is 0.0695. The number of nitrogens with one attached hydrogen (secondary N) is 1. The van der Waals surface area contributed by atoms with Crippen molar-refractivity contribution in [2.45, 2.75) is 6.92 Å². The molecule has 0 fully saturated rings. The zero-order chi connectivity index (χ0) is 20.6. The molecule has 1 heterocycles. The van der Waals surface area contributed by atoms with Crippen LogP contribution in [0.4, 0.5) is 0 Å². The standard InChI is InChI=1S/C21H17BrN2O5/c1-2-27-19-11-14(8-9-17(19)29-21(26)18-7-4-10-28-18)13-23-24-20(25)15-5-3-6-16(22)12-15/h3-13H,2H2,1H3,(H,24,25)/b23-13+. The van der Waals surface area contributed by atoms with Gasteiger partial charge in [-0.05, 0) is 61.0 Å². The maximum atomic E-state index is 12.1. The zero-order valence-corrected chi connectivity index (χ0v) is 17.0. The normalized spacial score (nSPS) is 10.7. The van der Waals surface area contributed by atoms with E-state index in [-0.39, 0.29) is 17.4 Å². The molecule has 0 aliphatic rings. The van der Waals surface area contributed by atoms with E-state index in [0.717, 1.165) is 4.47 Å². The number of esters is 1. The van der Waals surface area contributed by atoms with Gasteiger partial charge in [0.15, 0.2) is 11.5 Å². The van der Waals surface area contributed by atoms with Gasteiger partial charge in [-0.1, -0.05) is 22.0 Å². The number of halogens is 1. The number of carbonyl (C=O) groups excluding carboxylic acids is 2. The van der Waals surface area contributed by atoms with Crippen molar-refractivity contribution in [2.75, 3.05) is 6.61 Å². The molecule has 3 aromatic rings. The van der Waals surface area contributed by atoms with E-state index in [1.807, 2.05) is 13.0 Å². The predicted molar refractivity (Wildman–Crippen MR) is 110 cm³/mol. The Kier molecular flexibility index (Phi) is 6.80. The fourth-order valence-corrected chi connectivity index (χ4v) is 2.76. The fraction of sp³-hybridized carbons (Fsp3) is 0.0952. The largest absolute Gasteiger partial charge is 0.490 e. The minimum Gasteiger partial charge on any atom is -0.490 e. The van der Waals surface area contributed by atoms with Crippen molar-refractivity contribution >= 4 is 34.0 Å². The summed E-state index contributed by atoms with van der Waals surface area (Å²) in [7, 11) is 0. The molecule has 2 aromatic carbocycles. The Balaban J connectivity index is 1.69. The molecule has 0 saturated heterocycles. The summed E-state index contributed by atoms with van der Waals surface area (Å²) in [6.07, 6.45) is 2.86. The van der Waals surface area contributed by atoms with Crippen LogP contribution < -0.4 is 14.9 Å². The summed E-state index contributed by atoms with van der Waals surface area (Å²) < 4.78 is 16.7. The molecule has 1 aromatic heterocycles. The van der Waals surface area contributed by atoms with Gasteiger partial charge in [0.05, 0.1) is 19.1 Å². The molecule has 0 spiro atoms. The van der Waals surface area contributed by atoms with Crippen LogP contribution in [-0.4, -0.2) is 24.7 Å². The molecule has 148 valence electrons. The third kappa shape index (κ3) is 5.55. The molecule has 3 rings (SSSR count). The third-order valence-electron chi connectivity index (χ3n) is 3.66. The summed E-state index contributed by atoms with van der Waals surface area (Å²) in [5.41, 5.74) is 3.59. The van der Waals surface area contributed by atoms with Gasteiger partial charge in [0.25, 0.3) is 5.91 Å². The average molecular weight is 457 g/mol. The number of hydrogen-bond acceptors (Lipinski definition) is 6. The lowest BCUT2D eigenvalue weighted by Crippen LogP contribution is -2.17. The highest BCUT2D eigenvalue weighted by molar-refractivity contribution is 9.10. The second kappa shape index (κ2) is 9.70. The molecule has 0 saturated carbocycles. The van der Waals surface area contributed by atoms with Crippen LogP contribution in [0.3, 0.4) is 0 Å². The number of nitrogens with zero attached hydrogens (tertiary/aromatic N) is 1. The number of amides is 1. The molecule has 1 amide bonds. The van der Waals surface area contributed by atoms with Gasteiger partial charge in [0.1, 0.15) is 0 Å². The number of furan rings is 1. The Morgan fingerprint density at radius 2 is 2.00 bits per heavy atom. The molecule has 0 radical (unpaired) electrons. The highest BCUT2D eigenvalue weighted by Crippen LogP contribution is 2.29. The molecule has 0 bridgehead atoms. The maximum Gasteiger partial charge on any atom is 0.379 e. The van der Waals surface area contributed by atoms with Gasteiger partial charge >= 0.3 is 5.97 Å². The van der Waals surface area contributed by atoms with Gasteiger partial charge in [-0.15, -0.1) is 0 Å². The minimum atomic E-state index is -0.626. The van der Waals surface area contributed by atoms with Crippen molar-refractivity contribution < 1.29 is 23.5 Å². The van der Waals surface area contributed by atoms with Gasteiger partial charge in [-0.3, -0.25) is 4.79 Å². The lowest BCUT2D eigenvalue weighted by Gasteiger charge is -2.10. The van der Waals surface area contributed by atoms with Crippen molar-refractivity contribution in [3.05, 3.63) is 82.2 Å². The van der Waals surface area contributed by atoms with Crippen molar-refractivity contribution in [1.29, 1.82) is 0 Å². The van der Waals surface area contributed by atoms with E-state index in [1.165, 1.54) is 18.5 Å². The summed E-state index contributed by atoms with van der Waals surface area (Å²) >= 11 is 3.32. The molecule has 29 heavy (non-hydrogen) atoms. The number of benzene rings is 2. The third-order valence-corrected chi connectivity index (χ3v) is 4.15. The molecule has 0 unspecified atom stereocenters. The van der Waals surface area contributed by atoms with Gasteiger partial charge in [0, 0.05) is 10.0 Å². The number of hydrazone groups is 1. The van der Waals surface area contributed by atoms with E-state index in [4.69, 9.17) is 13.9 Å². The van der Waals surface area contributed by atoms with Crippen LogP contribution in [0.15, 0.2) is 74.9 Å². The molecular weight excluding hydrogens is 440 g/mol. The van der Waals surface area contributed by atoms with Gasteiger partial charge in [0.2, 0.25) is 5.76 Å². The smallest absolute Gasteiger partial charge is 0.379 e. The molecule has 0 aliphatic carbocycles. The van der Waals surface area contributed by atoms with Crippen LogP contribution in [0.1, 0.15) is 33.4 Å². The van der Waals surface area contributed by atoms with Crippen molar-refractivity contribution in [2.24, 2.45) is 5.10 Å². The second-order valence-electron chi connectivity index (χ2n) is 5.72. The van der Waals surface area contributed by atoms with Crippen LogP contribution in [0.5, 0.6) is 11.5 Å². The summed E-state index contributed by atoms with van der Waals surface area (Å²) in [6.45, 7) is 2.20. The Morgan fingerprint density at radius 3 is 2.72 bits per heavy atom. The van der Waals surface area contributed by atoms with E-state index in [0.29, 0.717) is 23.5 Å². The molecule has 0 atom stereocenters. The molecule has 1 N–H and O–H groups in total. The Labute approximate surface area is 175 Å². The van der Waals surface area contributed by atoms with E-state index < -0.39 is 5.97 Å². The zero-order valence-electron chi connectivity index (χ0n) is 15.4. The van der Waals surface area contributed by atoms with Crippen LogP contribution in [-0.2, 0) is 0 Å². The van der Waals surface area contributed by atoms with Crippen molar-refractivity contribution in [3.63, 3.8) is 0 Å². The quantitative estimate of drug-likeness (QED) is 0.246. The molecule has 0 aliphatic heterocycles. The van der Waals surface area contributed by atoms with Gasteiger partial charge in [-0.25, -0.2) is 10.2 Å². The Bertz CT molecular complexity index is 1030. The van der Waals surface area contributed by atoms with E-state index in [2.05, 4.69) is 26.5 Å². The summed E-state index contributed by atoms with van der Waals surface area (Å²) in [5.74, 6) is -0.248. The number of hydrogen-bond donors (Lipinski definition) is 1. The SMILES string of the molecule is CCOc1cc(/C=N/NC(=O)c2cccc(Br)c2)ccc1OC(=O)c1ccco1.